The fourth-order valence-electron chi connectivity index (χ4n) is 3.53. The van der Waals surface area contributed by atoms with Gasteiger partial charge in [0.15, 0.2) is 0 Å². The number of rotatable bonds is 9. The molecule has 0 aliphatic heterocycles. The molecule has 8 nitrogen and oxygen atoms in total. The van der Waals surface area contributed by atoms with Crippen LogP contribution in [0.5, 0.6) is 0 Å². The van der Waals surface area contributed by atoms with Crippen LogP contribution in [0, 0.1) is 17.8 Å². The van der Waals surface area contributed by atoms with Gasteiger partial charge in [0, 0.05) is 12.2 Å². The van der Waals surface area contributed by atoms with Crippen molar-refractivity contribution < 1.29 is 9.59 Å². The minimum Gasteiger partial charge on any atom is -0.405 e. The summed E-state index contributed by atoms with van der Waals surface area (Å²) >= 11 is 0. The third kappa shape index (κ3) is 5.18. The molecular formula is C19H28N6O2. The van der Waals surface area contributed by atoms with Gasteiger partial charge in [-0.15, -0.1) is 0 Å². The number of hydrogen-bond acceptors (Lipinski definition) is 5. The van der Waals surface area contributed by atoms with Crippen LogP contribution in [0.15, 0.2) is 29.7 Å². The van der Waals surface area contributed by atoms with Crippen LogP contribution >= 0.6 is 0 Å². The Morgan fingerprint density at radius 2 is 1.96 bits per heavy atom. The van der Waals surface area contributed by atoms with E-state index in [1.54, 1.807) is 12.4 Å². The largest absolute Gasteiger partial charge is 0.405 e. The third-order valence-corrected chi connectivity index (χ3v) is 4.94. The second kappa shape index (κ2) is 8.37. The van der Waals surface area contributed by atoms with Gasteiger partial charge in [-0.05, 0) is 69.6 Å². The zero-order chi connectivity index (χ0) is 19.4. The Labute approximate surface area is 159 Å². The molecule has 27 heavy (non-hydrogen) atoms. The molecule has 1 atom stereocenters. The van der Waals surface area contributed by atoms with Gasteiger partial charge in [-0.3, -0.25) is 19.7 Å². The highest BCUT2D eigenvalue weighted by Crippen LogP contribution is 2.50. The normalized spacial score (nSPS) is 18.9. The molecule has 0 radical (unpaired) electrons. The van der Waals surface area contributed by atoms with Gasteiger partial charge in [0.05, 0.1) is 11.9 Å². The minimum absolute atomic E-state index is 0.0529. The zero-order valence-corrected chi connectivity index (χ0v) is 15.8. The first-order chi connectivity index (χ1) is 13.0. The van der Waals surface area contributed by atoms with E-state index in [9.17, 15) is 9.59 Å². The number of H-pyrrole nitrogens is 1. The molecule has 1 aromatic rings. The first-order valence-electron chi connectivity index (χ1n) is 9.56. The molecule has 146 valence electrons. The maximum Gasteiger partial charge on any atom is 0.270 e. The van der Waals surface area contributed by atoms with Gasteiger partial charge in [0.1, 0.15) is 11.8 Å². The second-order valence-electron chi connectivity index (χ2n) is 7.65. The summed E-state index contributed by atoms with van der Waals surface area (Å²) in [5.41, 5.74) is 6.29. The van der Waals surface area contributed by atoms with Gasteiger partial charge in [-0.2, -0.15) is 5.10 Å². The van der Waals surface area contributed by atoms with Crippen molar-refractivity contribution in [1.29, 1.82) is 0 Å². The van der Waals surface area contributed by atoms with Gasteiger partial charge in [-0.1, -0.05) is 0 Å². The Kier molecular flexibility index (Phi) is 5.93. The van der Waals surface area contributed by atoms with Crippen LogP contribution in [-0.4, -0.2) is 39.8 Å². The fourth-order valence-corrected chi connectivity index (χ4v) is 3.53. The fraction of sp³-hybridized carbons (Fsp3) is 0.579. The average molecular weight is 372 g/mol. The maximum absolute atomic E-state index is 13.0. The van der Waals surface area contributed by atoms with E-state index in [4.69, 9.17) is 5.73 Å². The predicted molar refractivity (Wildman–Crippen MR) is 104 cm³/mol. The van der Waals surface area contributed by atoms with E-state index in [1.165, 1.54) is 12.3 Å². The number of aromatic nitrogens is 2. The van der Waals surface area contributed by atoms with Crippen molar-refractivity contribution in [3.63, 3.8) is 0 Å². The van der Waals surface area contributed by atoms with Crippen molar-refractivity contribution >= 4 is 23.2 Å². The standard InChI is InChI=1S/C19H28N6O2/c1-11(2)23-15(7-8-20)18(26)25-17(16(12-3-4-12)13-5-6-13)19(27)24-14-9-21-22-10-14/h7-13,16-17H,3-6,20H2,1-2H3,(H,21,22)(H,24,27)(H,25,26)/b8-7-,23-15?. The summed E-state index contributed by atoms with van der Waals surface area (Å²) in [5, 5.41) is 12.3. The molecule has 2 fully saturated rings. The van der Waals surface area contributed by atoms with Crippen molar-refractivity contribution in [3.8, 4) is 0 Å². The van der Waals surface area contributed by atoms with E-state index < -0.39 is 6.04 Å². The molecule has 2 saturated carbocycles. The summed E-state index contributed by atoms with van der Waals surface area (Å²) in [5.74, 6) is 0.558. The number of amides is 2. The lowest BCUT2D eigenvalue weighted by Crippen LogP contribution is -2.51. The highest BCUT2D eigenvalue weighted by atomic mass is 16.2. The quantitative estimate of drug-likeness (QED) is 0.491. The number of carbonyl (C=O) groups excluding carboxylic acids is 2. The molecule has 1 unspecified atom stereocenters. The minimum atomic E-state index is -0.601. The molecule has 1 aromatic heterocycles. The Balaban J connectivity index is 1.80. The number of aromatic amines is 1. The van der Waals surface area contributed by atoms with Gasteiger partial charge in [0.2, 0.25) is 5.91 Å². The van der Waals surface area contributed by atoms with E-state index in [-0.39, 0.29) is 29.5 Å². The molecule has 2 aliphatic carbocycles. The first-order valence-corrected chi connectivity index (χ1v) is 9.56. The van der Waals surface area contributed by atoms with Gasteiger partial charge in [0.25, 0.3) is 5.91 Å². The van der Waals surface area contributed by atoms with E-state index in [1.807, 2.05) is 13.8 Å². The molecular weight excluding hydrogens is 344 g/mol. The number of nitrogens with two attached hydrogens (primary N) is 1. The summed E-state index contributed by atoms with van der Waals surface area (Å²) < 4.78 is 0. The third-order valence-electron chi connectivity index (χ3n) is 4.94. The molecule has 0 saturated heterocycles. The van der Waals surface area contributed by atoms with Crippen LogP contribution in [0.4, 0.5) is 5.69 Å². The molecule has 1 heterocycles. The van der Waals surface area contributed by atoms with Gasteiger partial charge in [-0.25, -0.2) is 0 Å². The second-order valence-corrected chi connectivity index (χ2v) is 7.65. The van der Waals surface area contributed by atoms with Crippen molar-refractivity contribution in [2.24, 2.45) is 28.5 Å². The lowest BCUT2D eigenvalue weighted by atomic mass is 9.88. The Morgan fingerprint density at radius 3 is 2.44 bits per heavy atom. The maximum atomic E-state index is 13.0. The summed E-state index contributed by atoms with van der Waals surface area (Å²) in [6, 6.07) is -0.654. The van der Waals surface area contributed by atoms with E-state index in [2.05, 4.69) is 25.8 Å². The van der Waals surface area contributed by atoms with E-state index >= 15 is 0 Å². The Bertz CT molecular complexity index is 705. The summed E-state index contributed by atoms with van der Waals surface area (Å²) in [7, 11) is 0. The van der Waals surface area contributed by atoms with Crippen molar-refractivity contribution in [3.05, 3.63) is 24.7 Å². The number of carbonyl (C=O) groups is 2. The van der Waals surface area contributed by atoms with Crippen LogP contribution in [0.1, 0.15) is 39.5 Å². The van der Waals surface area contributed by atoms with Crippen molar-refractivity contribution in [2.75, 3.05) is 5.32 Å². The predicted octanol–water partition coefficient (Wildman–Crippen LogP) is 1.59. The molecule has 0 spiro atoms. The molecule has 0 aromatic carbocycles. The molecule has 2 amide bonds. The van der Waals surface area contributed by atoms with Crippen LogP contribution in [-0.2, 0) is 9.59 Å². The number of nitrogens with zero attached hydrogens (tertiary/aromatic N) is 2. The van der Waals surface area contributed by atoms with Crippen molar-refractivity contribution in [1.82, 2.24) is 15.5 Å². The lowest BCUT2D eigenvalue weighted by Gasteiger charge is -2.27. The Morgan fingerprint density at radius 1 is 1.30 bits per heavy atom. The zero-order valence-electron chi connectivity index (χ0n) is 15.8. The lowest BCUT2D eigenvalue weighted by molar-refractivity contribution is -0.124. The first kappa shape index (κ1) is 19.1. The number of aliphatic imine (C=N–C) groups is 1. The van der Waals surface area contributed by atoms with Crippen LogP contribution in [0.25, 0.3) is 0 Å². The highest BCUT2D eigenvalue weighted by molar-refractivity contribution is 6.43. The molecule has 3 rings (SSSR count). The summed E-state index contributed by atoms with van der Waals surface area (Å²) in [6.45, 7) is 3.77. The molecule has 0 bridgehead atoms. The number of nitrogens with one attached hydrogen (secondary N) is 3. The molecule has 5 N–H and O–H groups in total. The topological polar surface area (TPSA) is 125 Å². The van der Waals surface area contributed by atoms with Gasteiger partial charge >= 0.3 is 0 Å². The average Bonchev–Trinajstić information content (AvgIpc) is 3.55. The summed E-state index contributed by atoms with van der Waals surface area (Å²) in [4.78, 5) is 30.2. The Hall–Kier alpha value is -2.64. The highest BCUT2D eigenvalue weighted by Gasteiger charge is 2.48. The van der Waals surface area contributed by atoms with Crippen molar-refractivity contribution in [2.45, 2.75) is 51.6 Å². The van der Waals surface area contributed by atoms with Crippen LogP contribution in [0.3, 0.4) is 0 Å². The monoisotopic (exact) mass is 372 g/mol. The van der Waals surface area contributed by atoms with Gasteiger partial charge < -0.3 is 16.4 Å². The van der Waals surface area contributed by atoms with Crippen LogP contribution in [0.2, 0.25) is 0 Å². The summed E-state index contributed by atoms with van der Waals surface area (Å²) in [6.07, 6.45) is 10.4. The smallest absolute Gasteiger partial charge is 0.270 e. The molecule has 2 aliphatic rings. The van der Waals surface area contributed by atoms with Crippen LogP contribution < -0.4 is 16.4 Å². The SMILES string of the molecule is CC(C)N=C(/C=C\N)C(=O)NC(C(=O)Nc1cn[nH]c1)C(C1CC1)C1CC1. The van der Waals surface area contributed by atoms with E-state index in [0.717, 1.165) is 25.7 Å². The molecule has 8 heteroatoms. The van der Waals surface area contributed by atoms with E-state index in [0.29, 0.717) is 17.5 Å². The number of anilines is 1. The number of hydrogen-bond donors (Lipinski definition) is 4.